The molecule has 1 rings (SSSR count). The van der Waals surface area contributed by atoms with Crippen molar-refractivity contribution in [2.75, 3.05) is 12.8 Å². The van der Waals surface area contributed by atoms with Crippen LogP contribution in [0.5, 0.6) is 0 Å². The Bertz CT molecular complexity index is 514. The lowest BCUT2D eigenvalue weighted by Gasteiger charge is -2.04. The zero-order valence-electron chi connectivity index (χ0n) is 11.6. The van der Waals surface area contributed by atoms with Gasteiger partial charge in [-0.05, 0) is 18.2 Å². The van der Waals surface area contributed by atoms with Gasteiger partial charge in [0.15, 0.2) is 5.16 Å². The molecule has 0 saturated carbocycles. The molecule has 0 aliphatic carbocycles. The fourth-order valence-corrected chi connectivity index (χ4v) is 1.38. The molecular formula is C11H12ClF4N3O3S. The highest BCUT2D eigenvalue weighted by Crippen LogP contribution is 2.13. The van der Waals surface area contributed by atoms with E-state index in [4.69, 9.17) is 21.5 Å². The van der Waals surface area contributed by atoms with E-state index in [1.807, 2.05) is 6.26 Å². The van der Waals surface area contributed by atoms with Gasteiger partial charge in [-0.3, -0.25) is 4.79 Å². The van der Waals surface area contributed by atoms with Crippen LogP contribution in [-0.4, -0.2) is 51.6 Å². The van der Waals surface area contributed by atoms with Crippen molar-refractivity contribution in [1.82, 2.24) is 15.3 Å². The number of thioether (sulfide) groups is 1. The molecule has 12 heteroatoms. The summed E-state index contributed by atoms with van der Waals surface area (Å²) in [7, 11) is 0. The Morgan fingerprint density at radius 2 is 1.87 bits per heavy atom. The van der Waals surface area contributed by atoms with E-state index in [9.17, 15) is 22.4 Å². The normalized spacial score (nSPS) is 11.9. The Morgan fingerprint density at radius 3 is 2.22 bits per heavy atom. The van der Waals surface area contributed by atoms with E-state index < -0.39 is 23.7 Å². The van der Waals surface area contributed by atoms with Gasteiger partial charge in [-0.25, -0.2) is 19.2 Å². The van der Waals surface area contributed by atoms with E-state index in [0.29, 0.717) is 18.1 Å². The lowest BCUT2D eigenvalue weighted by atomic mass is 10.2. The fourth-order valence-electron chi connectivity index (χ4n) is 0.985. The van der Waals surface area contributed by atoms with E-state index in [2.05, 4.69) is 15.3 Å². The van der Waals surface area contributed by atoms with Crippen molar-refractivity contribution in [2.45, 2.75) is 23.4 Å². The molecule has 1 atom stereocenters. The number of nitrogens with one attached hydrogen (secondary N) is 1. The lowest BCUT2D eigenvalue weighted by molar-refractivity contribution is -0.192. The molecule has 0 spiro atoms. The topological polar surface area (TPSA) is 92.2 Å². The van der Waals surface area contributed by atoms with Gasteiger partial charge in [0.2, 0.25) is 0 Å². The number of carboxylic acids is 1. The molecular weight excluding hydrogens is 366 g/mol. The number of alkyl halides is 5. The smallest absolute Gasteiger partial charge is 0.475 e. The van der Waals surface area contributed by atoms with Crippen LogP contribution < -0.4 is 5.32 Å². The minimum atomic E-state index is -5.08. The van der Waals surface area contributed by atoms with Gasteiger partial charge in [-0.15, -0.1) is 0 Å². The van der Waals surface area contributed by atoms with Crippen LogP contribution in [0.3, 0.4) is 0 Å². The molecule has 0 fully saturated rings. The van der Waals surface area contributed by atoms with Gasteiger partial charge in [0.1, 0.15) is 0 Å². The summed E-state index contributed by atoms with van der Waals surface area (Å²) in [5.41, 5.74) is -1.11. The average molecular weight is 378 g/mol. The van der Waals surface area contributed by atoms with E-state index in [1.54, 1.807) is 12.4 Å². The van der Waals surface area contributed by atoms with Crippen molar-refractivity contribution in [3.05, 3.63) is 18.0 Å². The molecule has 23 heavy (non-hydrogen) atoms. The number of aromatic nitrogens is 2. The maximum absolute atomic E-state index is 12.2. The molecule has 1 amide bonds. The SMILES string of the molecule is CSc1ncc(CCNC(=O)C(F)Cl)cn1.O=C(O)C(F)(F)F. The zero-order valence-corrected chi connectivity index (χ0v) is 13.2. The van der Waals surface area contributed by atoms with E-state index in [0.717, 1.165) is 5.56 Å². The maximum Gasteiger partial charge on any atom is 0.490 e. The summed E-state index contributed by atoms with van der Waals surface area (Å²) in [6.45, 7) is 0.313. The minimum Gasteiger partial charge on any atom is -0.475 e. The lowest BCUT2D eigenvalue weighted by Crippen LogP contribution is -2.30. The molecule has 0 saturated heterocycles. The standard InChI is InChI=1S/C9H11ClFN3OS.C2HF3O2/c1-16-9-13-4-6(5-14-9)2-3-12-8(15)7(10)11;3-2(4,5)1(6)7/h4-5,7H,2-3H2,1H3,(H,12,15);(H,6,7). The van der Waals surface area contributed by atoms with Gasteiger partial charge in [0.05, 0.1) is 0 Å². The molecule has 0 aromatic carbocycles. The van der Waals surface area contributed by atoms with Crippen LogP contribution in [-0.2, 0) is 16.0 Å². The maximum atomic E-state index is 12.2. The van der Waals surface area contributed by atoms with Crippen molar-refractivity contribution in [3.63, 3.8) is 0 Å². The summed E-state index contributed by atoms with van der Waals surface area (Å²) in [4.78, 5) is 27.8. The number of nitrogens with zero attached hydrogens (tertiary/aromatic N) is 2. The number of aliphatic carboxylic acids is 1. The number of carboxylic acid groups (broad SMARTS) is 1. The number of hydrogen-bond donors (Lipinski definition) is 2. The van der Waals surface area contributed by atoms with Crippen LogP contribution in [0.2, 0.25) is 0 Å². The fraction of sp³-hybridized carbons (Fsp3) is 0.455. The molecule has 1 unspecified atom stereocenters. The van der Waals surface area contributed by atoms with Gasteiger partial charge in [-0.2, -0.15) is 13.2 Å². The highest BCUT2D eigenvalue weighted by atomic mass is 35.5. The van der Waals surface area contributed by atoms with Gasteiger partial charge in [-0.1, -0.05) is 23.4 Å². The molecule has 1 aromatic rings. The molecule has 2 N–H and O–H groups in total. The third-order valence-corrected chi connectivity index (χ3v) is 2.79. The zero-order chi connectivity index (χ0) is 18.0. The molecule has 6 nitrogen and oxygen atoms in total. The minimum absolute atomic E-state index is 0.313. The first-order valence-electron chi connectivity index (χ1n) is 5.78. The molecule has 0 aliphatic rings. The van der Waals surface area contributed by atoms with Gasteiger partial charge in [0.25, 0.3) is 11.5 Å². The molecule has 130 valence electrons. The summed E-state index contributed by atoms with van der Waals surface area (Å²) in [6, 6.07) is 0. The second kappa shape index (κ2) is 10.2. The summed E-state index contributed by atoms with van der Waals surface area (Å²) < 4.78 is 44.0. The van der Waals surface area contributed by atoms with Crippen LogP contribution in [0.15, 0.2) is 17.6 Å². The van der Waals surface area contributed by atoms with Crippen molar-refractivity contribution in [3.8, 4) is 0 Å². The van der Waals surface area contributed by atoms with E-state index >= 15 is 0 Å². The van der Waals surface area contributed by atoms with E-state index in [1.165, 1.54) is 11.8 Å². The molecule has 0 bridgehead atoms. The first kappa shape index (κ1) is 21.4. The Kier molecular flexibility index (Phi) is 9.49. The third-order valence-electron chi connectivity index (χ3n) is 2.02. The Morgan fingerprint density at radius 1 is 1.39 bits per heavy atom. The highest BCUT2D eigenvalue weighted by molar-refractivity contribution is 7.98. The average Bonchev–Trinajstić information content (AvgIpc) is 2.47. The molecule has 1 aromatic heterocycles. The summed E-state index contributed by atoms with van der Waals surface area (Å²) in [6.07, 6.45) is 0.707. The van der Waals surface area contributed by atoms with Crippen LogP contribution in [0, 0.1) is 0 Å². The first-order chi connectivity index (χ1) is 10.6. The summed E-state index contributed by atoms with van der Waals surface area (Å²) in [5.74, 6) is -3.57. The third kappa shape index (κ3) is 9.89. The predicted molar refractivity (Wildman–Crippen MR) is 75.0 cm³/mol. The first-order valence-corrected chi connectivity index (χ1v) is 7.45. The largest absolute Gasteiger partial charge is 0.490 e. The number of halogens is 5. The predicted octanol–water partition coefficient (Wildman–Crippen LogP) is 2.02. The highest BCUT2D eigenvalue weighted by Gasteiger charge is 2.38. The van der Waals surface area contributed by atoms with Crippen LogP contribution >= 0.6 is 23.4 Å². The molecule has 0 radical (unpaired) electrons. The van der Waals surface area contributed by atoms with Gasteiger partial charge in [0, 0.05) is 18.9 Å². The van der Waals surface area contributed by atoms with Crippen molar-refractivity contribution in [1.29, 1.82) is 0 Å². The number of carbonyl (C=O) groups is 2. The molecule has 0 aliphatic heterocycles. The van der Waals surface area contributed by atoms with Crippen molar-refractivity contribution < 1.29 is 32.3 Å². The van der Waals surface area contributed by atoms with Crippen molar-refractivity contribution in [2.24, 2.45) is 0 Å². The Balaban J connectivity index is 0.000000585. The summed E-state index contributed by atoms with van der Waals surface area (Å²) >= 11 is 6.39. The van der Waals surface area contributed by atoms with Crippen LogP contribution in [0.1, 0.15) is 5.56 Å². The Hall–Kier alpha value is -1.62. The summed E-state index contributed by atoms with van der Waals surface area (Å²) in [5, 5.41) is 10.2. The van der Waals surface area contributed by atoms with Crippen LogP contribution in [0.4, 0.5) is 17.6 Å². The van der Waals surface area contributed by atoms with Crippen molar-refractivity contribution >= 4 is 35.2 Å². The Labute approximate surface area is 137 Å². The number of hydrogen-bond acceptors (Lipinski definition) is 5. The van der Waals surface area contributed by atoms with E-state index in [-0.39, 0.29) is 0 Å². The number of carbonyl (C=O) groups excluding carboxylic acids is 1. The van der Waals surface area contributed by atoms with Gasteiger partial charge >= 0.3 is 12.1 Å². The quantitative estimate of drug-likeness (QED) is 0.353. The second-order valence-corrected chi connectivity index (χ2v) is 4.88. The van der Waals surface area contributed by atoms with Crippen LogP contribution in [0.25, 0.3) is 0 Å². The number of rotatable bonds is 5. The number of amides is 1. The second-order valence-electron chi connectivity index (χ2n) is 3.72. The monoisotopic (exact) mass is 377 g/mol. The molecule has 1 heterocycles. The van der Waals surface area contributed by atoms with Gasteiger partial charge < -0.3 is 10.4 Å².